The number of carbonyl (C=O) groups is 2. The zero-order valence-corrected chi connectivity index (χ0v) is 24.3. The predicted molar refractivity (Wildman–Crippen MR) is 160 cm³/mol. The fraction of sp³-hybridized carbons (Fsp3) is 0.394. The Morgan fingerprint density at radius 2 is 1.05 bits per heavy atom. The molecule has 1 amide bonds. The van der Waals surface area contributed by atoms with Crippen LogP contribution < -0.4 is 16.8 Å². The molecule has 2 aromatic rings. The highest BCUT2D eigenvalue weighted by atomic mass is 16.2. The molecule has 38 heavy (non-hydrogen) atoms. The molecule has 0 heterocycles. The Bertz CT molecular complexity index is 1220. The predicted octanol–water partition coefficient (Wildman–Crippen LogP) is 7.31. The number of anilines is 2. The summed E-state index contributed by atoms with van der Waals surface area (Å²) in [6.45, 7) is 18.6. The van der Waals surface area contributed by atoms with E-state index in [0.717, 1.165) is 55.9 Å². The average Bonchev–Trinajstić information content (AvgIpc) is 2.81. The molecule has 5 N–H and O–H groups in total. The number of ketones is 1. The molecular formula is C33H43N3O2. The monoisotopic (exact) mass is 513 g/mol. The molecule has 2 aromatic carbocycles. The largest absolute Gasteiger partial charge is 0.398 e. The summed E-state index contributed by atoms with van der Waals surface area (Å²) in [7, 11) is 0. The van der Waals surface area contributed by atoms with Crippen molar-refractivity contribution in [3.63, 3.8) is 0 Å². The fourth-order valence-electron chi connectivity index (χ4n) is 5.07. The van der Waals surface area contributed by atoms with Crippen LogP contribution in [0.1, 0.15) is 119 Å². The molecule has 0 saturated carbocycles. The van der Waals surface area contributed by atoms with Gasteiger partial charge in [0.15, 0.2) is 0 Å². The van der Waals surface area contributed by atoms with Crippen molar-refractivity contribution in [1.29, 1.82) is 0 Å². The molecule has 0 saturated heterocycles. The number of allylic oxidation sites excluding steroid dienone is 4. The molecule has 0 aliphatic heterocycles. The third-order valence-electron chi connectivity index (χ3n) is 7.13. The Balaban J connectivity index is 2.50. The maximum absolute atomic E-state index is 12.6. The van der Waals surface area contributed by atoms with Gasteiger partial charge in [-0.3, -0.25) is 9.59 Å². The van der Waals surface area contributed by atoms with Crippen molar-refractivity contribution in [2.75, 3.05) is 11.5 Å². The van der Waals surface area contributed by atoms with Gasteiger partial charge in [-0.1, -0.05) is 61.5 Å². The van der Waals surface area contributed by atoms with Gasteiger partial charge in [0.05, 0.1) is 5.70 Å². The second-order valence-electron chi connectivity index (χ2n) is 11.5. The Morgan fingerprint density at radius 3 is 1.37 bits per heavy atom. The highest BCUT2D eigenvalue weighted by molar-refractivity contribution is 6.09. The van der Waals surface area contributed by atoms with Crippen molar-refractivity contribution in [2.24, 2.45) is 0 Å². The van der Waals surface area contributed by atoms with Crippen LogP contribution in [0.25, 0.3) is 5.57 Å². The van der Waals surface area contributed by atoms with E-state index in [4.69, 9.17) is 11.5 Å². The van der Waals surface area contributed by atoms with Crippen LogP contribution in [0.5, 0.6) is 0 Å². The van der Waals surface area contributed by atoms with Crippen LogP contribution in [0, 0.1) is 0 Å². The molecule has 0 unspecified atom stereocenters. The van der Waals surface area contributed by atoms with Gasteiger partial charge in [0.1, 0.15) is 0 Å². The van der Waals surface area contributed by atoms with Gasteiger partial charge in [-0.2, -0.15) is 0 Å². The molecular weight excluding hydrogens is 470 g/mol. The van der Waals surface area contributed by atoms with Gasteiger partial charge in [0.2, 0.25) is 11.7 Å². The first-order valence-corrected chi connectivity index (χ1v) is 13.6. The molecule has 5 nitrogen and oxygen atoms in total. The van der Waals surface area contributed by atoms with E-state index in [1.54, 1.807) is 6.08 Å². The van der Waals surface area contributed by atoms with Crippen LogP contribution >= 0.6 is 0 Å². The van der Waals surface area contributed by atoms with E-state index in [0.29, 0.717) is 0 Å². The third kappa shape index (κ3) is 5.93. The maximum atomic E-state index is 12.6. The van der Waals surface area contributed by atoms with E-state index in [2.05, 4.69) is 85.0 Å². The topological polar surface area (TPSA) is 98.2 Å². The summed E-state index contributed by atoms with van der Waals surface area (Å²) in [5, 5.41) is 2.70. The van der Waals surface area contributed by atoms with Crippen molar-refractivity contribution >= 4 is 28.6 Å². The Labute approximate surface area is 228 Å². The van der Waals surface area contributed by atoms with Crippen molar-refractivity contribution in [3.8, 4) is 0 Å². The van der Waals surface area contributed by atoms with Gasteiger partial charge >= 0.3 is 0 Å². The zero-order chi connectivity index (χ0) is 28.5. The lowest BCUT2D eigenvalue weighted by Crippen LogP contribution is -2.25. The van der Waals surface area contributed by atoms with Gasteiger partial charge in [-0.15, -0.1) is 0 Å². The second kappa shape index (κ2) is 11.4. The van der Waals surface area contributed by atoms with E-state index in [1.807, 2.05) is 6.08 Å². The van der Waals surface area contributed by atoms with Crippen molar-refractivity contribution in [3.05, 3.63) is 87.1 Å². The Kier molecular flexibility index (Phi) is 8.71. The smallest absolute Gasteiger partial charge is 0.221 e. The van der Waals surface area contributed by atoms with Crippen LogP contribution in [-0.2, 0) is 9.59 Å². The highest BCUT2D eigenvalue weighted by Crippen LogP contribution is 2.41. The molecule has 0 bridgehead atoms. The van der Waals surface area contributed by atoms with Crippen LogP contribution in [0.15, 0.2) is 53.8 Å². The lowest BCUT2D eigenvalue weighted by atomic mass is 9.82. The Hall–Kier alpha value is -3.60. The minimum absolute atomic E-state index is 0.227. The SMILES string of the molecule is CC(=O)NC1=CC(=C(c2cc(C(C)C)c(N)c(C(C)C)c2)c2cc(C(C)C)c(N)c(C(C)C)c2)C=CC1=O. The third-order valence-corrected chi connectivity index (χ3v) is 7.13. The van der Waals surface area contributed by atoms with Gasteiger partial charge < -0.3 is 16.8 Å². The van der Waals surface area contributed by atoms with E-state index in [-0.39, 0.29) is 41.1 Å². The summed E-state index contributed by atoms with van der Waals surface area (Å²) in [5.41, 5.74) is 23.5. The molecule has 3 rings (SSSR count). The lowest BCUT2D eigenvalue weighted by Gasteiger charge is -2.24. The molecule has 1 aliphatic carbocycles. The molecule has 0 aromatic heterocycles. The number of nitrogens with one attached hydrogen (secondary N) is 1. The normalized spacial score (nSPS) is 13.7. The Morgan fingerprint density at radius 1 is 0.684 bits per heavy atom. The number of benzene rings is 2. The molecule has 0 fully saturated rings. The first-order valence-electron chi connectivity index (χ1n) is 13.6. The van der Waals surface area contributed by atoms with Crippen LogP contribution in [-0.4, -0.2) is 11.7 Å². The average molecular weight is 514 g/mol. The molecule has 5 heteroatoms. The van der Waals surface area contributed by atoms with E-state index in [1.165, 1.54) is 13.0 Å². The van der Waals surface area contributed by atoms with Crippen LogP contribution in [0.2, 0.25) is 0 Å². The van der Waals surface area contributed by atoms with Gasteiger partial charge in [-0.25, -0.2) is 0 Å². The van der Waals surface area contributed by atoms with E-state index < -0.39 is 0 Å². The molecule has 202 valence electrons. The van der Waals surface area contributed by atoms with Gasteiger partial charge in [0.25, 0.3) is 0 Å². The quantitative estimate of drug-likeness (QED) is 0.338. The number of nitrogen functional groups attached to an aromatic ring is 2. The minimum Gasteiger partial charge on any atom is -0.398 e. The zero-order valence-electron chi connectivity index (χ0n) is 24.3. The van der Waals surface area contributed by atoms with Gasteiger partial charge in [0, 0.05) is 18.3 Å². The summed E-state index contributed by atoms with van der Waals surface area (Å²) in [6, 6.07) is 8.69. The van der Waals surface area contributed by atoms with E-state index in [9.17, 15) is 9.59 Å². The highest BCUT2D eigenvalue weighted by Gasteiger charge is 2.23. The summed E-state index contributed by atoms with van der Waals surface area (Å²) >= 11 is 0. The molecule has 0 spiro atoms. The van der Waals surface area contributed by atoms with Crippen LogP contribution in [0.3, 0.4) is 0 Å². The number of nitrogens with two attached hydrogens (primary N) is 2. The van der Waals surface area contributed by atoms with Crippen molar-refractivity contribution in [1.82, 2.24) is 5.32 Å². The minimum atomic E-state index is -0.283. The molecule has 0 atom stereocenters. The number of rotatable bonds is 7. The first kappa shape index (κ1) is 29.0. The number of carbonyl (C=O) groups excluding carboxylic acids is 2. The summed E-state index contributed by atoms with van der Waals surface area (Å²) in [4.78, 5) is 24.5. The van der Waals surface area contributed by atoms with Crippen molar-refractivity contribution in [2.45, 2.75) is 86.0 Å². The maximum Gasteiger partial charge on any atom is 0.221 e. The second-order valence-corrected chi connectivity index (χ2v) is 11.5. The lowest BCUT2D eigenvalue weighted by molar-refractivity contribution is -0.120. The number of hydrogen-bond acceptors (Lipinski definition) is 4. The van der Waals surface area contributed by atoms with Crippen molar-refractivity contribution < 1.29 is 9.59 Å². The van der Waals surface area contributed by atoms with E-state index >= 15 is 0 Å². The molecule has 0 radical (unpaired) electrons. The fourth-order valence-corrected chi connectivity index (χ4v) is 5.07. The summed E-state index contributed by atoms with van der Waals surface area (Å²) < 4.78 is 0. The first-order chi connectivity index (χ1) is 17.7. The number of hydrogen-bond donors (Lipinski definition) is 3. The molecule has 1 aliphatic rings. The summed E-state index contributed by atoms with van der Waals surface area (Å²) in [5.74, 6) is 0.421. The van der Waals surface area contributed by atoms with Crippen LogP contribution in [0.4, 0.5) is 11.4 Å². The number of amides is 1. The standard InChI is InChI=1S/C33H43N3O2/c1-17(2)25-12-23(13-26(18(3)4)32(25)34)31(22-10-11-30(38)29(16-22)36-21(9)37)24-14-27(19(5)6)33(35)28(15-24)20(7)8/h10-20H,34-35H2,1-9H3,(H,36,37). The van der Waals surface area contributed by atoms with Gasteiger partial charge in [-0.05, 0) is 105 Å². The summed E-state index contributed by atoms with van der Waals surface area (Å²) in [6.07, 6.45) is 5.14.